The fourth-order valence-corrected chi connectivity index (χ4v) is 1.83. The van der Waals surface area contributed by atoms with Crippen molar-refractivity contribution in [3.8, 4) is 5.69 Å². The lowest BCUT2D eigenvalue weighted by Gasteiger charge is -2.08. The Morgan fingerprint density at radius 3 is 2.58 bits per heavy atom. The van der Waals surface area contributed by atoms with Gasteiger partial charge in [0.05, 0.1) is 18.5 Å². The number of hydrogen-bond donors (Lipinski definition) is 2. The van der Waals surface area contributed by atoms with Gasteiger partial charge in [-0.05, 0) is 43.2 Å². The van der Waals surface area contributed by atoms with E-state index in [4.69, 9.17) is 10.8 Å². The van der Waals surface area contributed by atoms with E-state index in [1.807, 2.05) is 6.92 Å². The second-order valence-corrected chi connectivity index (χ2v) is 4.29. The molecule has 0 aliphatic carbocycles. The minimum Gasteiger partial charge on any atom is -0.395 e. The van der Waals surface area contributed by atoms with Gasteiger partial charge in [-0.2, -0.15) is 5.10 Å². The van der Waals surface area contributed by atoms with Gasteiger partial charge in [-0.3, -0.25) is 0 Å². The van der Waals surface area contributed by atoms with Crippen molar-refractivity contribution in [1.29, 1.82) is 0 Å². The number of hydrogen-bond acceptors (Lipinski definition) is 3. The van der Waals surface area contributed by atoms with Gasteiger partial charge in [-0.25, -0.2) is 9.07 Å². The number of nitrogens with two attached hydrogens (primary N) is 1. The third-order valence-corrected chi connectivity index (χ3v) is 2.90. The summed E-state index contributed by atoms with van der Waals surface area (Å²) in [7, 11) is 0. The van der Waals surface area contributed by atoms with E-state index >= 15 is 0 Å². The van der Waals surface area contributed by atoms with Crippen LogP contribution in [0.3, 0.4) is 0 Å². The third-order valence-electron chi connectivity index (χ3n) is 2.90. The van der Waals surface area contributed by atoms with E-state index in [0.29, 0.717) is 6.42 Å². The first-order chi connectivity index (χ1) is 8.61. The minimum absolute atomic E-state index is 0. The smallest absolute Gasteiger partial charge is 0.123 e. The van der Waals surface area contributed by atoms with Crippen molar-refractivity contribution < 1.29 is 9.50 Å². The first-order valence-corrected chi connectivity index (χ1v) is 5.77. The predicted octanol–water partition coefficient (Wildman–Crippen LogP) is 1.60. The highest BCUT2D eigenvalue weighted by atomic mass is 35.5. The SMILES string of the molecule is Cc1c(CC(N)CO)cnn1-c1ccc(F)cc1.Cl. The minimum atomic E-state index is -0.283. The number of aromatic nitrogens is 2. The molecule has 0 fully saturated rings. The van der Waals surface area contributed by atoms with Crippen LogP contribution < -0.4 is 5.73 Å². The first kappa shape index (κ1) is 15.6. The molecule has 1 unspecified atom stereocenters. The predicted molar refractivity (Wildman–Crippen MR) is 74.3 cm³/mol. The van der Waals surface area contributed by atoms with Crippen molar-refractivity contribution in [2.75, 3.05) is 6.61 Å². The number of benzene rings is 1. The van der Waals surface area contributed by atoms with E-state index in [1.54, 1.807) is 23.0 Å². The summed E-state index contributed by atoms with van der Waals surface area (Å²) >= 11 is 0. The second kappa shape index (κ2) is 6.65. The monoisotopic (exact) mass is 285 g/mol. The van der Waals surface area contributed by atoms with E-state index in [2.05, 4.69) is 5.10 Å². The van der Waals surface area contributed by atoms with E-state index in [1.165, 1.54) is 12.1 Å². The molecule has 4 nitrogen and oxygen atoms in total. The fraction of sp³-hybridized carbons (Fsp3) is 0.308. The van der Waals surface area contributed by atoms with Crippen molar-refractivity contribution in [3.05, 3.63) is 47.5 Å². The molecular formula is C13H17ClFN3O. The van der Waals surface area contributed by atoms with Gasteiger partial charge in [0.1, 0.15) is 5.82 Å². The Kier molecular flexibility index (Phi) is 5.47. The van der Waals surface area contributed by atoms with E-state index in [0.717, 1.165) is 16.9 Å². The summed E-state index contributed by atoms with van der Waals surface area (Å²) in [5.41, 5.74) is 8.44. The normalized spacial score (nSPS) is 12.0. The van der Waals surface area contributed by atoms with Gasteiger partial charge in [-0.1, -0.05) is 0 Å². The number of aliphatic hydroxyl groups excluding tert-OH is 1. The molecule has 1 atom stereocenters. The van der Waals surface area contributed by atoms with Crippen LogP contribution in [-0.2, 0) is 6.42 Å². The highest BCUT2D eigenvalue weighted by Crippen LogP contribution is 2.15. The Balaban J connectivity index is 0.00000180. The molecule has 0 radical (unpaired) electrons. The summed E-state index contributed by atoms with van der Waals surface area (Å²) in [5.74, 6) is -0.272. The van der Waals surface area contributed by atoms with Crippen LogP contribution in [0.2, 0.25) is 0 Å². The largest absolute Gasteiger partial charge is 0.395 e. The van der Waals surface area contributed by atoms with Gasteiger partial charge < -0.3 is 10.8 Å². The zero-order valence-corrected chi connectivity index (χ0v) is 11.4. The molecule has 0 aliphatic rings. The Hall–Kier alpha value is -1.43. The lowest BCUT2D eigenvalue weighted by molar-refractivity contribution is 0.265. The standard InChI is InChI=1S/C13H16FN3O.ClH/c1-9-10(6-12(15)8-18)7-16-17(9)13-4-2-11(14)3-5-13;/h2-5,7,12,18H,6,8,15H2,1H3;1H. The van der Waals surface area contributed by atoms with Crippen molar-refractivity contribution in [2.24, 2.45) is 5.73 Å². The second-order valence-electron chi connectivity index (χ2n) is 4.29. The maximum atomic E-state index is 12.9. The first-order valence-electron chi connectivity index (χ1n) is 5.77. The van der Waals surface area contributed by atoms with Crippen LogP contribution in [0.5, 0.6) is 0 Å². The molecule has 3 N–H and O–H groups in total. The molecule has 6 heteroatoms. The average Bonchev–Trinajstić information content (AvgIpc) is 2.72. The number of halogens is 2. The van der Waals surface area contributed by atoms with Gasteiger partial charge in [-0.15, -0.1) is 12.4 Å². The average molecular weight is 286 g/mol. The molecule has 1 aromatic carbocycles. The van der Waals surface area contributed by atoms with Crippen molar-refractivity contribution in [2.45, 2.75) is 19.4 Å². The van der Waals surface area contributed by atoms with Crippen LogP contribution in [-0.4, -0.2) is 27.5 Å². The molecule has 104 valence electrons. The zero-order valence-electron chi connectivity index (χ0n) is 10.6. The number of rotatable bonds is 4. The molecule has 0 aliphatic heterocycles. The maximum absolute atomic E-state index is 12.9. The molecule has 2 rings (SSSR count). The van der Waals surface area contributed by atoms with Crippen LogP contribution in [0, 0.1) is 12.7 Å². The highest BCUT2D eigenvalue weighted by Gasteiger charge is 2.11. The van der Waals surface area contributed by atoms with Crippen LogP contribution in [0.1, 0.15) is 11.3 Å². The molecule has 1 heterocycles. The maximum Gasteiger partial charge on any atom is 0.123 e. The summed E-state index contributed by atoms with van der Waals surface area (Å²) in [6, 6.07) is 5.86. The molecule has 0 bridgehead atoms. The topological polar surface area (TPSA) is 64.1 Å². The van der Waals surface area contributed by atoms with Gasteiger partial charge in [0, 0.05) is 11.7 Å². The summed E-state index contributed by atoms with van der Waals surface area (Å²) in [6.07, 6.45) is 2.30. The Morgan fingerprint density at radius 2 is 2.00 bits per heavy atom. The van der Waals surface area contributed by atoms with Crippen molar-refractivity contribution in [1.82, 2.24) is 9.78 Å². The Labute approximate surface area is 117 Å². The Morgan fingerprint density at radius 1 is 1.37 bits per heavy atom. The van der Waals surface area contributed by atoms with Crippen molar-refractivity contribution >= 4 is 12.4 Å². The molecule has 19 heavy (non-hydrogen) atoms. The fourth-order valence-electron chi connectivity index (χ4n) is 1.83. The molecular weight excluding hydrogens is 269 g/mol. The number of aliphatic hydroxyl groups is 1. The molecule has 0 saturated heterocycles. The van der Waals surface area contributed by atoms with Gasteiger partial charge in [0.25, 0.3) is 0 Å². The molecule has 0 amide bonds. The number of nitrogens with zero attached hydrogens (tertiary/aromatic N) is 2. The van der Waals surface area contributed by atoms with Crippen LogP contribution >= 0.6 is 12.4 Å². The molecule has 1 aromatic heterocycles. The lowest BCUT2D eigenvalue weighted by Crippen LogP contribution is -2.27. The summed E-state index contributed by atoms with van der Waals surface area (Å²) in [6.45, 7) is 1.87. The van der Waals surface area contributed by atoms with Gasteiger partial charge >= 0.3 is 0 Å². The summed E-state index contributed by atoms with van der Waals surface area (Å²) in [5, 5.41) is 13.2. The quantitative estimate of drug-likeness (QED) is 0.897. The van der Waals surface area contributed by atoms with E-state index in [9.17, 15) is 4.39 Å². The van der Waals surface area contributed by atoms with Crippen molar-refractivity contribution in [3.63, 3.8) is 0 Å². The Bertz CT molecular complexity index is 527. The van der Waals surface area contributed by atoms with E-state index in [-0.39, 0.29) is 30.9 Å². The molecule has 2 aromatic rings. The highest BCUT2D eigenvalue weighted by molar-refractivity contribution is 5.85. The lowest BCUT2D eigenvalue weighted by atomic mass is 10.1. The summed E-state index contributed by atoms with van der Waals surface area (Å²) in [4.78, 5) is 0. The van der Waals surface area contributed by atoms with E-state index < -0.39 is 0 Å². The molecule has 0 spiro atoms. The van der Waals surface area contributed by atoms with Gasteiger partial charge in [0.2, 0.25) is 0 Å². The van der Waals surface area contributed by atoms with Gasteiger partial charge in [0.15, 0.2) is 0 Å². The van der Waals surface area contributed by atoms with Crippen LogP contribution in [0.25, 0.3) is 5.69 Å². The zero-order chi connectivity index (χ0) is 13.1. The van der Waals surface area contributed by atoms with Crippen LogP contribution in [0.4, 0.5) is 4.39 Å². The summed E-state index contributed by atoms with van der Waals surface area (Å²) < 4.78 is 14.6. The molecule has 0 saturated carbocycles. The van der Waals surface area contributed by atoms with Crippen LogP contribution in [0.15, 0.2) is 30.5 Å². The third kappa shape index (κ3) is 3.53.